The van der Waals surface area contributed by atoms with Crippen LogP contribution in [0.25, 0.3) is 0 Å². The van der Waals surface area contributed by atoms with Gasteiger partial charge in [-0.1, -0.05) is 12.8 Å². The lowest BCUT2D eigenvalue weighted by Gasteiger charge is -2.31. The number of aliphatic hydroxyl groups is 1. The summed E-state index contributed by atoms with van der Waals surface area (Å²) >= 11 is 0. The minimum atomic E-state index is -3.11. The zero-order valence-electron chi connectivity index (χ0n) is 12.3. The van der Waals surface area contributed by atoms with E-state index in [-0.39, 0.29) is 6.61 Å². The summed E-state index contributed by atoms with van der Waals surface area (Å²) in [5.41, 5.74) is 0. The number of piperidine rings is 1. The number of hydrogen-bond acceptors (Lipinski definition) is 4. The predicted octanol–water partition coefficient (Wildman–Crippen LogP) is 0.800. The largest absolute Gasteiger partial charge is 0.396 e. The van der Waals surface area contributed by atoms with Gasteiger partial charge in [-0.15, -0.1) is 0 Å². The van der Waals surface area contributed by atoms with Gasteiger partial charge in [0.2, 0.25) is 10.0 Å². The van der Waals surface area contributed by atoms with Gasteiger partial charge in [0.1, 0.15) is 0 Å². The lowest BCUT2D eigenvalue weighted by atomic mass is 9.99. The molecule has 0 amide bonds. The number of likely N-dealkylation sites (tertiary alicyclic amines) is 1. The molecule has 20 heavy (non-hydrogen) atoms. The van der Waals surface area contributed by atoms with E-state index >= 15 is 0 Å². The second-order valence-electron chi connectivity index (χ2n) is 6.32. The fraction of sp³-hybridized carbons (Fsp3) is 1.00. The molecule has 1 saturated heterocycles. The molecule has 6 heteroatoms. The number of rotatable bonds is 7. The summed E-state index contributed by atoms with van der Waals surface area (Å²) in [4.78, 5) is 2.25. The molecule has 0 aromatic rings. The monoisotopic (exact) mass is 304 g/mol. The van der Waals surface area contributed by atoms with Crippen molar-refractivity contribution in [3.05, 3.63) is 0 Å². The first kappa shape index (κ1) is 16.2. The van der Waals surface area contributed by atoms with Gasteiger partial charge in [-0.3, -0.25) is 0 Å². The first-order valence-corrected chi connectivity index (χ1v) is 9.55. The van der Waals surface area contributed by atoms with Crippen LogP contribution in [0.15, 0.2) is 0 Å². The highest BCUT2D eigenvalue weighted by Crippen LogP contribution is 2.25. The van der Waals surface area contributed by atoms with Crippen LogP contribution in [0, 0.1) is 11.8 Å². The van der Waals surface area contributed by atoms with Crippen molar-refractivity contribution < 1.29 is 13.5 Å². The van der Waals surface area contributed by atoms with Crippen molar-refractivity contribution in [1.29, 1.82) is 0 Å². The molecule has 5 nitrogen and oxygen atoms in total. The van der Waals surface area contributed by atoms with E-state index in [0.29, 0.717) is 24.1 Å². The third-order valence-electron chi connectivity index (χ3n) is 4.54. The van der Waals surface area contributed by atoms with Crippen LogP contribution < -0.4 is 4.72 Å². The molecule has 118 valence electrons. The van der Waals surface area contributed by atoms with Crippen molar-refractivity contribution in [2.24, 2.45) is 11.8 Å². The van der Waals surface area contributed by atoms with Crippen LogP contribution in [0.5, 0.6) is 0 Å². The average molecular weight is 304 g/mol. The smallest absolute Gasteiger partial charge is 0.211 e. The molecule has 1 saturated carbocycles. The highest BCUT2D eigenvalue weighted by molar-refractivity contribution is 7.89. The molecule has 0 spiro atoms. The fourth-order valence-electron chi connectivity index (χ4n) is 3.41. The Hall–Kier alpha value is -0.170. The molecule has 1 heterocycles. The fourth-order valence-corrected chi connectivity index (χ4v) is 4.88. The summed E-state index contributed by atoms with van der Waals surface area (Å²) in [6.07, 6.45) is 6.66. The third kappa shape index (κ3) is 5.31. The molecule has 1 aliphatic carbocycles. The molecule has 1 aliphatic heterocycles. The van der Waals surface area contributed by atoms with Crippen LogP contribution in [0.3, 0.4) is 0 Å². The number of hydrogen-bond donors (Lipinski definition) is 2. The second kappa shape index (κ2) is 7.73. The van der Waals surface area contributed by atoms with Crippen LogP contribution in [0.2, 0.25) is 0 Å². The molecule has 0 aromatic heterocycles. The number of aliphatic hydroxyl groups excluding tert-OH is 1. The van der Waals surface area contributed by atoms with Crippen molar-refractivity contribution in [2.45, 2.75) is 38.5 Å². The van der Waals surface area contributed by atoms with E-state index in [4.69, 9.17) is 0 Å². The molecular formula is C14H28N2O3S. The maximum absolute atomic E-state index is 12.0. The molecule has 0 bridgehead atoms. The Balaban J connectivity index is 1.66. The summed E-state index contributed by atoms with van der Waals surface area (Å²) < 4.78 is 26.7. The summed E-state index contributed by atoms with van der Waals surface area (Å²) in [5.74, 6) is 1.02. The molecule has 0 radical (unpaired) electrons. The zero-order chi connectivity index (χ0) is 14.4. The Morgan fingerprint density at radius 1 is 1.10 bits per heavy atom. The van der Waals surface area contributed by atoms with Gasteiger partial charge in [0, 0.05) is 26.2 Å². The Morgan fingerprint density at radius 2 is 1.80 bits per heavy atom. The normalized spacial score (nSPS) is 26.1. The molecule has 0 unspecified atom stereocenters. The third-order valence-corrected chi connectivity index (χ3v) is 6.10. The number of nitrogens with zero attached hydrogens (tertiary/aromatic N) is 1. The minimum absolute atomic E-state index is 0.240. The van der Waals surface area contributed by atoms with E-state index in [2.05, 4.69) is 9.62 Å². The molecule has 2 aliphatic rings. The van der Waals surface area contributed by atoms with Crippen LogP contribution in [0.4, 0.5) is 0 Å². The molecule has 1 atom stereocenters. The highest BCUT2D eigenvalue weighted by Gasteiger charge is 2.23. The summed E-state index contributed by atoms with van der Waals surface area (Å²) in [6.45, 7) is 3.39. The Labute approximate surface area is 122 Å². The van der Waals surface area contributed by atoms with Crippen molar-refractivity contribution in [3.8, 4) is 0 Å². The van der Waals surface area contributed by atoms with Crippen LogP contribution in [-0.4, -0.2) is 57.0 Å². The summed E-state index contributed by atoms with van der Waals surface area (Å²) in [7, 11) is -3.11. The minimum Gasteiger partial charge on any atom is -0.396 e. The lowest BCUT2D eigenvalue weighted by Crippen LogP contribution is -2.42. The first-order valence-electron chi connectivity index (χ1n) is 7.89. The van der Waals surface area contributed by atoms with Crippen LogP contribution in [-0.2, 0) is 10.0 Å². The standard InChI is InChI=1S/C14H28N2O3S/c17-11-14-6-3-8-16(10-14)9-7-15-20(18,19)12-13-4-1-2-5-13/h13-15,17H,1-12H2/t14-/m0/s1. The van der Waals surface area contributed by atoms with Crippen molar-refractivity contribution in [2.75, 3.05) is 38.5 Å². The quantitative estimate of drug-likeness (QED) is 0.730. The van der Waals surface area contributed by atoms with Gasteiger partial charge in [0.05, 0.1) is 5.75 Å². The van der Waals surface area contributed by atoms with Crippen LogP contribution in [0.1, 0.15) is 38.5 Å². The van der Waals surface area contributed by atoms with Crippen molar-refractivity contribution >= 4 is 10.0 Å². The second-order valence-corrected chi connectivity index (χ2v) is 8.17. The summed E-state index contributed by atoms with van der Waals surface area (Å²) in [5, 5.41) is 9.18. The van der Waals surface area contributed by atoms with Gasteiger partial charge in [-0.25, -0.2) is 13.1 Å². The maximum Gasteiger partial charge on any atom is 0.211 e. The van der Waals surface area contributed by atoms with Gasteiger partial charge in [0.25, 0.3) is 0 Å². The number of nitrogens with one attached hydrogen (secondary N) is 1. The summed E-state index contributed by atoms with van der Waals surface area (Å²) in [6, 6.07) is 0. The SMILES string of the molecule is O=S(=O)(CC1CCCC1)NCCN1CCC[C@H](CO)C1. The van der Waals surface area contributed by atoms with E-state index in [1.807, 2.05) is 0 Å². The van der Waals surface area contributed by atoms with Gasteiger partial charge >= 0.3 is 0 Å². The Kier molecular flexibility index (Phi) is 6.26. The van der Waals surface area contributed by atoms with E-state index in [1.165, 1.54) is 12.8 Å². The Morgan fingerprint density at radius 3 is 2.50 bits per heavy atom. The topological polar surface area (TPSA) is 69.6 Å². The van der Waals surface area contributed by atoms with Crippen LogP contribution >= 0.6 is 0 Å². The highest BCUT2D eigenvalue weighted by atomic mass is 32.2. The molecule has 2 N–H and O–H groups in total. The molecular weight excluding hydrogens is 276 g/mol. The van der Waals surface area contributed by atoms with Gasteiger partial charge in [0.15, 0.2) is 0 Å². The Bertz CT molecular complexity index is 380. The van der Waals surface area contributed by atoms with E-state index in [1.54, 1.807) is 0 Å². The van der Waals surface area contributed by atoms with Crippen molar-refractivity contribution in [3.63, 3.8) is 0 Å². The van der Waals surface area contributed by atoms with Gasteiger partial charge in [-0.2, -0.15) is 0 Å². The first-order chi connectivity index (χ1) is 9.59. The van der Waals surface area contributed by atoms with Crippen molar-refractivity contribution in [1.82, 2.24) is 9.62 Å². The molecule has 2 rings (SSSR count). The van der Waals surface area contributed by atoms with Gasteiger partial charge in [-0.05, 0) is 44.1 Å². The number of sulfonamides is 1. The molecule has 0 aromatic carbocycles. The molecule has 2 fully saturated rings. The van der Waals surface area contributed by atoms with Gasteiger partial charge < -0.3 is 10.0 Å². The zero-order valence-corrected chi connectivity index (χ0v) is 13.1. The predicted molar refractivity (Wildman–Crippen MR) is 80.0 cm³/mol. The van der Waals surface area contributed by atoms with E-state index in [0.717, 1.165) is 45.3 Å². The van der Waals surface area contributed by atoms with E-state index < -0.39 is 10.0 Å². The van der Waals surface area contributed by atoms with E-state index in [9.17, 15) is 13.5 Å². The maximum atomic E-state index is 12.0. The lowest BCUT2D eigenvalue weighted by molar-refractivity contribution is 0.122. The average Bonchev–Trinajstić information content (AvgIpc) is 2.91.